The first kappa shape index (κ1) is 10.1. The first-order chi connectivity index (χ1) is 5.65. The first-order valence-corrected chi connectivity index (χ1v) is 4.94. The topological polar surface area (TPSA) is 57.1 Å². The van der Waals surface area contributed by atoms with Crippen molar-refractivity contribution >= 4 is 36.7 Å². The minimum atomic E-state index is -2.26. The Morgan fingerprint density at radius 1 is 1.67 bits per heavy atom. The van der Waals surface area contributed by atoms with E-state index in [1.807, 2.05) is 0 Å². The van der Waals surface area contributed by atoms with Gasteiger partial charge in [-0.15, -0.1) is 12.6 Å². The molecule has 7 heteroatoms. The third kappa shape index (κ3) is 2.27. The molecule has 0 radical (unpaired) electrons. The predicted octanol–water partition coefficient (Wildman–Crippen LogP) is 0.353. The average molecular weight is 223 g/mol. The fourth-order valence-corrected chi connectivity index (χ4v) is 1.68. The summed E-state index contributed by atoms with van der Waals surface area (Å²) in [6.07, 6.45) is 2.90. The number of hydrogen-bond donors (Lipinski definition) is 3. The minimum Gasteiger partial charge on any atom is -0.755 e. The summed E-state index contributed by atoms with van der Waals surface area (Å²) in [5, 5.41) is 0. The van der Waals surface area contributed by atoms with Crippen LogP contribution in [-0.2, 0) is 17.8 Å². The summed E-state index contributed by atoms with van der Waals surface area (Å²) in [5.74, 6) is 0. The Labute approximate surface area is 83.7 Å². The van der Waals surface area contributed by atoms with Crippen molar-refractivity contribution in [2.24, 2.45) is 0 Å². The lowest BCUT2D eigenvalue weighted by molar-refractivity contribution is 0.528. The first-order valence-electron chi connectivity index (χ1n) is 3.01. The van der Waals surface area contributed by atoms with Crippen LogP contribution in [0.2, 0.25) is 0 Å². The van der Waals surface area contributed by atoms with E-state index in [2.05, 4.69) is 30.2 Å². The van der Waals surface area contributed by atoms with Crippen molar-refractivity contribution in [2.45, 2.75) is 11.4 Å². The van der Waals surface area contributed by atoms with Gasteiger partial charge in [0.1, 0.15) is 0 Å². The van der Waals surface area contributed by atoms with Crippen molar-refractivity contribution in [2.75, 3.05) is 0 Å². The maximum Gasteiger partial charge on any atom is 0.0512 e. The molecule has 0 aliphatic rings. The molecule has 12 heavy (non-hydrogen) atoms. The van der Waals surface area contributed by atoms with Crippen LogP contribution in [0.4, 0.5) is 0 Å². The Kier molecular flexibility index (Phi) is 3.66. The van der Waals surface area contributed by atoms with Crippen molar-refractivity contribution in [1.29, 1.82) is 0 Å². The molecule has 0 aliphatic heterocycles. The van der Waals surface area contributed by atoms with E-state index in [9.17, 15) is 8.76 Å². The number of nitrogens with zero attached hydrogens (tertiary/aromatic N) is 1. The molecule has 1 aromatic rings. The Balaban J connectivity index is 2.92. The molecule has 0 aliphatic carbocycles. The maximum atomic E-state index is 10.5. The van der Waals surface area contributed by atoms with Crippen LogP contribution in [0, 0.1) is 0 Å². The third-order valence-corrected chi connectivity index (χ3v) is 2.42. The molecular formula is C5H7N2O2S3-. The van der Waals surface area contributed by atoms with E-state index in [0.717, 1.165) is 9.54 Å². The lowest BCUT2D eigenvalue weighted by Crippen LogP contribution is -2.00. The highest BCUT2D eigenvalue weighted by molar-refractivity contribution is 7.80. The summed E-state index contributed by atoms with van der Waals surface area (Å²) in [7, 11) is 0. The molecule has 0 saturated carbocycles. The van der Waals surface area contributed by atoms with Gasteiger partial charge < -0.3 is 4.55 Å². The Bertz CT molecular complexity index is 299. The highest BCUT2D eigenvalue weighted by Crippen LogP contribution is 2.15. The average Bonchev–Trinajstić information content (AvgIpc) is 2.34. The SMILES string of the molecule is O=S([O-])n1cc(S)c(CNS)c1. The van der Waals surface area contributed by atoms with Crippen LogP contribution >= 0.6 is 25.4 Å². The van der Waals surface area contributed by atoms with Crippen LogP contribution in [-0.4, -0.2) is 12.7 Å². The van der Waals surface area contributed by atoms with Gasteiger partial charge in [-0.2, -0.15) is 0 Å². The Morgan fingerprint density at radius 2 is 2.33 bits per heavy atom. The van der Waals surface area contributed by atoms with E-state index < -0.39 is 11.3 Å². The second-order valence-electron chi connectivity index (χ2n) is 2.08. The highest BCUT2D eigenvalue weighted by atomic mass is 32.2. The maximum absolute atomic E-state index is 10.5. The van der Waals surface area contributed by atoms with Crippen molar-refractivity contribution < 1.29 is 8.76 Å². The summed E-state index contributed by atoms with van der Waals surface area (Å²) < 4.78 is 24.6. The third-order valence-electron chi connectivity index (χ3n) is 1.30. The standard InChI is InChI=1S/C5H8N2O2S3/c8-12(9)7-2-4(1-6-11)5(10)3-7/h2-3,6,10-11H,1H2,(H,8,9)/p-1. The second-order valence-corrected chi connectivity index (χ2v) is 3.73. The van der Waals surface area contributed by atoms with E-state index in [0.29, 0.717) is 11.4 Å². The second kappa shape index (κ2) is 4.33. The van der Waals surface area contributed by atoms with Gasteiger partial charge in [0, 0.05) is 23.8 Å². The fourth-order valence-electron chi connectivity index (χ4n) is 0.768. The van der Waals surface area contributed by atoms with E-state index in [1.54, 1.807) is 0 Å². The fraction of sp³-hybridized carbons (Fsp3) is 0.200. The molecule has 0 amide bonds. The van der Waals surface area contributed by atoms with E-state index in [-0.39, 0.29) is 0 Å². The molecule has 1 N–H and O–H groups in total. The van der Waals surface area contributed by atoms with Crippen molar-refractivity contribution in [3.05, 3.63) is 18.0 Å². The largest absolute Gasteiger partial charge is 0.755 e. The molecule has 1 aromatic heterocycles. The van der Waals surface area contributed by atoms with Crippen LogP contribution in [0.1, 0.15) is 5.56 Å². The number of aromatic nitrogens is 1. The molecule has 0 saturated heterocycles. The van der Waals surface area contributed by atoms with Gasteiger partial charge in [0.15, 0.2) is 0 Å². The number of rotatable bonds is 3. The van der Waals surface area contributed by atoms with Crippen molar-refractivity contribution in [3.63, 3.8) is 0 Å². The van der Waals surface area contributed by atoms with E-state index in [4.69, 9.17) is 0 Å². The summed E-state index contributed by atoms with van der Waals surface area (Å²) in [4.78, 5) is 0.626. The molecule has 68 valence electrons. The number of nitrogens with one attached hydrogen (secondary N) is 1. The van der Waals surface area contributed by atoms with E-state index >= 15 is 0 Å². The number of thiol groups is 2. The summed E-state index contributed by atoms with van der Waals surface area (Å²) >= 11 is 5.62. The van der Waals surface area contributed by atoms with Crippen molar-refractivity contribution in [1.82, 2.24) is 8.69 Å². The van der Waals surface area contributed by atoms with Gasteiger partial charge in [-0.3, -0.25) is 12.9 Å². The normalized spacial score (nSPS) is 13.2. The predicted molar refractivity (Wildman–Crippen MR) is 51.8 cm³/mol. The van der Waals surface area contributed by atoms with Gasteiger partial charge in [0.05, 0.1) is 11.3 Å². The Morgan fingerprint density at radius 3 is 2.75 bits per heavy atom. The molecule has 1 atom stereocenters. The zero-order valence-electron chi connectivity index (χ0n) is 5.93. The van der Waals surface area contributed by atoms with Gasteiger partial charge in [0.25, 0.3) is 0 Å². The molecule has 1 unspecified atom stereocenters. The lowest BCUT2D eigenvalue weighted by atomic mass is 10.3. The molecule has 0 aromatic carbocycles. The van der Waals surface area contributed by atoms with Crippen LogP contribution in [0.3, 0.4) is 0 Å². The molecule has 4 nitrogen and oxygen atoms in total. The van der Waals surface area contributed by atoms with Crippen LogP contribution in [0.25, 0.3) is 0 Å². The van der Waals surface area contributed by atoms with Crippen LogP contribution in [0.15, 0.2) is 17.3 Å². The zero-order chi connectivity index (χ0) is 9.14. The summed E-state index contributed by atoms with van der Waals surface area (Å²) in [6.45, 7) is 0.478. The highest BCUT2D eigenvalue weighted by Gasteiger charge is 2.02. The zero-order valence-corrected chi connectivity index (χ0v) is 8.53. The van der Waals surface area contributed by atoms with Gasteiger partial charge in [-0.25, -0.2) is 0 Å². The Hall–Kier alpha value is 0.0500. The van der Waals surface area contributed by atoms with Gasteiger partial charge in [-0.05, 0) is 5.56 Å². The summed E-state index contributed by atoms with van der Waals surface area (Å²) in [6, 6.07) is 0. The van der Waals surface area contributed by atoms with Crippen LogP contribution < -0.4 is 4.72 Å². The lowest BCUT2D eigenvalue weighted by Gasteiger charge is -2.03. The smallest absolute Gasteiger partial charge is 0.0512 e. The molecule has 1 rings (SSSR count). The van der Waals surface area contributed by atoms with Gasteiger partial charge in [-0.1, -0.05) is 12.8 Å². The van der Waals surface area contributed by atoms with E-state index in [1.165, 1.54) is 12.4 Å². The number of hydrogen-bond acceptors (Lipinski definition) is 5. The molecule has 0 bridgehead atoms. The molecule has 1 heterocycles. The molecule has 0 spiro atoms. The molecular weight excluding hydrogens is 216 g/mol. The minimum absolute atomic E-state index is 0.478. The monoisotopic (exact) mass is 223 g/mol. The van der Waals surface area contributed by atoms with Crippen molar-refractivity contribution in [3.8, 4) is 0 Å². The quantitative estimate of drug-likeness (QED) is 0.512. The van der Waals surface area contributed by atoms with Crippen LogP contribution in [0.5, 0.6) is 0 Å². The summed E-state index contributed by atoms with van der Waals surface area (Å²) in [5.41, 5.74) is 0.789. The molecule has 0 fully saturated rings. The van der Waals surface area contributed by atoms with Gasteiger partial charge >= 0.3 is 0 Å². The van der Waals surface area contributed by atoms with Gasteiger partial charge in [0.2, 0.25) is 0 Å².